The number of halogens is 2. The van der Waals surface area contributed by atoms with Gasteiger partial charge in [0.1, 0.15) is 30.0 Å². The molecule has 0 radical (unpaired) electrons. The van der Waals surface area contributed by atoms with Gasteiger partial charge in [0, 0.05) is 6.20 Å². The molecule has 0 spiro atoms. The maximum Gasteiger partial charge on any atom is 0.293 e. The van der Waals surface area contributed by atoms with Crippen molar-refractivity contribution in [2.75, 3.05) is 13.2 Å². The standard InChI is InChI=1S/C20H19F2N3O4/c1-11-6-17(28-10-14-15(21)4-3-5-16(14)22)19-23-12(2)18(25(19)7-11)20(26)24-29-13-8-27-9-13/h3-7,13H,8-10H2,1-2H3,(H,24,26). The SMILES string of the molecule is Cc1cc(OCc2c(F)cccc2F)c2nc(C)c(C(=O)NOC3COC3)n2c1. The van der Waals surface area contributed by atoms with Gasteiger partial charge >= 0.3 is 0 Å². The van der Waals surface area contributed by atoms with Crippen LogP contribution in [0.25, 0.3) is 5.65 Å². The molecule has 1 aliphatic rings. The molecule has 0 aliphatic carbocycles. The molecule has 9 heteroatoms. The van der Waals surface area contributed by atoms with Gasteiger partial charge in [-0.1, -0.05) is 6.07 Å². The van der Waals surface area contributed by atoms with Crippen LogP contribution in [0, 0.1) is 25.5 Å². The van der Waals surface area contributed by atoms with Crippen LogP contribution in [-0.4, -0.2) is 34.6 Å². The first kappa shape index (κ1) is 19.3. The number of benzene rings is 1. The molecular formula is C20H19F2N3O4. The van der Waals surface area contributed by atoms with E-state index in [1.165, 1.54) is 18.2 Å². The van der Waals surface area contributed by atoms with Crippen molar-refractivity contribution < 1.29 is 27.9 Å². The van der Waals surface area contributed by atoms with Gasteiger partial charge in [-0.05, 0) is 37.6 Å². The van der Waals surface area contributed by atoms with E-state index >= 15 is 0 Å². The molecular weight excluding hydrogens is 384 g/mol. The fraction of sp³-hybridized carbons (Fsp3) is 0.300. The van der Waals surface area contributed by atoms with Gasteiger partial charge in [0.25, 0.3) is 5.91 Å². The van der Waals surface area contributed by atoms with Crippen LogP contribution >= 0.6 is 0 Å². The highest BCUT2D eigenvalue weighted by Crippen LogP contribution is 2.26. The monoisotopic (exact) mass is 403 g/mol. The number of pyridine rings is 1. The molecule has 1 aromatic carbocycles. The summed E-state index contributed by atoms with van der Waals surface area (Å²) in [5.74, 6) is -1.53. The maximum absolute atomic E-state index is 13.9. The lowest BCUT2D eigenvalue weighted by Crippen LogP contribution is -2.42. The number of ether oxygens (including phenoxy) is 2. The second kappa shape index (κ2) is 7.76. The summed E-state index contributed by atoms with van der Waals surface area (Å²) in [6.07, 6.45) is 1.56. The van der Waals surface area contributed by atoms with E-state index in [4.69, 9.17) is 14.3 Å². The third-order valence-corrected chi connectivity index (χ3v) is 4.57. The van der Waals surface area contributed by atoms with Crippen LogP contribution < -0.4 is 10.2 Å². The molecule has 1 N–H and O–H groups in total. The molecule has 1 saturated heterocycles. The third kappa shape index (κ3) is 3.79. The van der Waals surface area contributed by atoms with Gasteiger partial charge in [-0.2, -0.15) is 0 Å². The maximum atomic E-state index is 13.9. The number of carbonyl (C=O) groups excluding carboxylic acids is 1. The van der Waals surface area contributed by atoms with Crippen LogP contribution in [0.15, 0.2) is 30.5 Å². The Morgan fingerprint density at radius 3 is 2.69 bits per heavy atom. The summed E-state index contributed by atoms with van der Waals surface area (Å²) in [7, 11) is 0. The minimum atomic E-state index is -0.689. The molecule has 2 aromatic heterocycles. The highest BCUT2D eigenvalue weighted by Gasteiger charge is 2.24. The third-order valence-electron chi connectivity index (χ3n) is 4.57. The summed E-state index contributed by atoms with van der Waals surface area (Å²) in [6, 6.07) is 5.33. The van der Waals surface area contributed by atoms with Crippen molar-refractivity contribution in [3.63, 3.8) is 0 Å². The largest absolute Gasteiger partial charge is 0.485 e. The number of hydrogen-bond acceptors (Lipinski definition) is 5. The number of imidazole rings is 1. The number of nitrogens with one attached hydrogen (secondary N) is 1. The molecule has 4 rings (SSSR count). The summed E-state index contributed by atoms with van der Waals surface area (Å²) < 4.78 is 40.0. The highest BCUT2D eigenvalue weighted by atomic mass is 19.1. The van der Waals surface area contributed by atoms with Crippen molar-refractivity contribution >= 4 is 11.6 Å². The number of carbonyl (C=O) groups is 1. The highest BCUT2D eigenvalue weighted by molar-refractivity contribution is 5.94. The number of fused-ring (bicyclic) bond motifs is 1. The number of rotatable bonds is 6. The predicted octanol–water partition coefficient (Wildman–Crippen LogP) is 2.87. The molecule has 0 saturated carbocycles. The lowest BCUT2D eigenvalue weighted by Gasteiger charge is -2.25. The minimum Gasteiger partial charge on any atom is -0.485 e. The van der Waals surface area contributed by atoms with Crippen LogP contribution in [0.4, 0.5) is 8.78 Å². The Morgan fingerprint density at radius 1 is 1.31 bits per heavy atom. The van der Waals surface area contributed by atoms with Crippen molar-refractivity contribution in [2.45, 2.75) is 26.6 Å². The molecule has 0 atom stereocenters. The lowest BCUT2D eigenvalue weighted by atomic mass is 10.2. The molecule has 3 aromatic rings. The molecule has 1 amide bonds. The van der Waals surface area contributed by atoms with Crippen molar-refractivity contribution in [1.82, 2.24) is 14.9 Å². The molecule has 7 nitrogen and oxygen atoms in total. The van der Waals surface area contributed by atoms with E-state index < -0.39 is 17.5 Å². The number of nitrogens with zero attached hydrogens (tertiary/aromatic N) is 2. The Kier molecular flexibility index (Phi) is 5.16. The molecule has 29 heavy (non-hydrogen) atoms. The Hall–Kier alpha value is -3.04. The Labute approximate surface area is 165 Å². The first-order chi connectivity index (χ1) is 13.9. The van der Waals surface area contributed by atoms with Crippen LogP contribution in [0.5, 0.6) is 5.75 Å². The molecule has 152 valence electrons. The molecule has 1 fully saturated rings. The van der Waals surface area contributed by atoms with E-state index in [1.807, 2.05) is 6.92 Å². The van der Waals surface area contributed by atoms with E-state index in [0.717, 1.165) is 5.56 Å². The number of hydroxylamine groups is 1. The number of aryl methyl sites for hydroxylation is 2. The van der Waals surface area contributed by atoms with Gasteiger partial charge in [0.15, 0.2) is 11.4 Å². The fourth-order valence-corrected chi connectivity index (χ4v) is 3.03. The predicted molar refractivity (Wildman–Crippen MR) is 98.5 cm³/mol. The van der Waals surface area contributed by atoms with Crippen molar-refractivity contribution in [3.8, 4) is 5.75 Å². The van der Waals surface area contributed by atoms with Crippen LogP contribution in [0.1, 0.15) is 27.3 Å². The summed E-state index contributed by atoms with van der Waals surface area (Å²) in [6.45, 7) is 4.04. The summed E-state index contributed by atoms with van der Waals surface area (Å²) >= 11 is 0. The van der Waals surface area contributed by atoms with Crippen molar-refractivity contribution in [2.24, 2.45) is 0 Å². The average molecular weight is 403 g/mol. The smallest absolute Gasteiger partial charge is 0.293 e. The molecule has 0 bridgehead atoms. The number of amides is 1. The Morgan fingerprint density at radius 2 is 2.03 bits per heavy atom. The van der Waals surface area contributed by atoms with Gasteiger partial charge < -0.3 is 9.47 Å². The quantitative estimate of drug-likeness (QED) is 0.641. The van der Waals surface area contributed by atoms with Crippen LogP contribution in [-0.2, 0) is 16.2 Å². The first-order valence-electron chi connectivity index (χ1n) is 9.02. The van der Waals surface area contributed by atoms with Gasteiger partial charge in [-0.15, -0.1) is 0 Å². The van der Waals surface area contributed by atoms with Gasteiger partial charge in [-0.25, -0.2) is 19.2 Å². The number of aromatic nitrogens is 2. The summed E-state index contributed by atoms with van der Waals surface area (Å²) in [4.78, 5) is 22.3. The van der Waals surface area contributed by atoms with Crippen LogP contribution in [0.3, 0.4) is 0 Å². The van der Waals surface area contributed by atoms with Gasteiger partial charge in [-0.3, -0.25) is 14.0 Å². The normalized spacial score (nSPS) is 14.1. The van der Waals surface area contributed by atoms with Crippen molar-refractivity contribution in [3.05, 3.63) is 64.6 Å². The Bertz CT molecular complexity index is 1060. The van der Waals surface area contributed by atoms with E-state index in [-0.39, 0.29) is 24.0 Å². The van der Waals surface area contributed by atoms with Crippen LogP contribution in [0.2, 0.25) is 0 Å². The minimum absolute atomic E-state index is 0.172. The zero-order valence-electron chi connectivity index (χ0n) is 15.9. The first-order valence-corrected chi connectivity index (χ1v) is 9.02. The second-order valence-corrected chi connectivity index (χ2v) is 6.82. The Balaban J connectivity index is 1.62. The molecule has 0 unspecified atom stereocenters. The van der Waals surface area contributed by atoms with E-state index in [9.17, 15) is 13.6 Å². The lowest BCUT2D eigenvalue weighted by molar-refractivity contribution is -0.153. The molecule has 3 heterocycles. The fourth-order valence-electron chi connectivity index (χ4n) is 3.03. The van der Waals surface area contributed by atoms with Gasteiger partial charge in [0.2, 0.25) is 0 Å². The van der Waals surface area contributed by atoms with E-state index in [0.29, 0.717) is 30.3 Å². The van der Waals surface area contributed by atoms with Crippen molar-refractivity contribution in [1.29, 1.82) is 0 Å². The second-order valence-electron chi connectivity index (χ2n) is 6.82. The van der Waals surface area contributed by atoms with E-state index in [1.54, 1.807) is 23.6 Å². The number of hydrogen-bond donors (Lipinski definition) is 1. The average Bonchev–Trinajstić information content (AvgIpc) is 2.95. The molecule has 1 aliphatic heterocycles. The topological polar surface area (TPSA) is 74.1 Å². The van der Waals surface area contributed by atoms with E-state index in [2.05, 4.69) is 10.5 Å². The zero-order chi connectivity index (χ0) is 20.5. The summed E-state index contributed by atoms with van der Waals surface area (Å²) in [5.41, 5.74) is 4.12. The summed E-state index contributed by atoms with van der Waals surface area (Å²) in [5, 5.41) is 0. The van der Waals surface area contributed by atoms with Gasteiger partial charge in [0.05, 0.1) is 24.5 Å². The zero-order valence-corrected chi connectivity index (χ0v) is 15.9.